The van der Waals surface area contributed by atoms with Gasteiger partial charge in [-0.2, -0.15) is 5.10 Å². The molecule has 0 radical (unpaired) electrons. The number of hydrogen-bond donors (Lipinski definition) is 2. The van der Waals surface area contributed by atoms with Gasteiger partial charge in [-0.1, -0.05) is 25.5 Å². The second kappa shape index (κ2) is 12.4. The van der Waals surface area contributed by atoms with Crippen molar-refractivity contribution in [2.75, 3.05) is 38.2 Å². The van der Waals surface area contributed by atoms with E-state index in [-0.39, 0.29) is 11.6 Å². The third kappa shape index (κ3) is 7.15. The van der Waals surface area contributed by atoms with Crippen LogP contribution in [0.2, 0.25) is 0 Å². The summed E-state index contributed by atoms with van der Waals surface area (Å²) in [6.45, 7) is 4.65. The van der Waals surface area contributed by atoms with Crippen LogP contribution in [-0.4, -0.2) is 61.7 Å². The van der Waals surface area contributed by atoms with Crippen LogP contribution in [0.15, 0.2) is 53.6 Å². The zero-order valence-corrected chi connectivity index (χ0v) is 18.6. The van der Waals surface area contributed by atoms with Gasteiger partial charge in [0.25, 0.3) is 5.91 Å². The fourth-order valence-corrected chi connectivity index (χ4v) is 3.10. The van der Waals surface area contributed by atoms with E-state index in [4.69, 9.17) is 9.47 Å². The van der Waals surface area contributed by atoms with Crippen molar-refractivity contribution < 1.29 is 23.9 Å². The number of carbonyl (C=O) groups excluding carboxylic acids is 3. The topological polar surface area (TPSA) is 109 Å². The molecule has 3 rings (SSSR count). The van der Waals surface area contributed by atoms with E-state index in [2.05, 4.69) is 22.8 Å². The highest BCUT2D eigenvalue weighted by Gasteiger charge is 2.22. The first-order valence-corrected chi connectivity index (χ1v) is 10.9. The van der Waals surface area contributed by atoms with Crippen LogP contribution in [0.1, 0.15) is 35.7 Å². The minimum absolute atomic E-state index is 0.227. The minimum atomic E-state index is -0.945. The van der Waals surface area contributed by atoms with Gasteiger partial charge in [0.05, 0.1) is 37.3 Å². The first-order chi connectivity index (χ1) is 16.1. The summed E-state index contributed by atoms with van der Waals surface area (Å²) in [5.74, 6) is -1.34. The zero-order chi connectivity index (χ0) is 23.5. The van der Waals surface area contributed by atoms with Crippen LogP contribution in [0.25, 0.3) is 0 Å². The number of hydrazone groups is 1. The second-order valence-electron chi connectivity index (χ2n) is 7.37. The molecule has 0 aliphatic carbocycles. The number of rotatable bonds is 8. The monoisotopic (exact) mass is 452 g/mol. The third-order valence-corrected chi connectivity index (χ3v) is 4.94. The average Bonchev–Trinajstić information content (AvgIpc) is 2.85. The molecule has 0 unspecified atom stereocenters. The normalized spacial score (nSPS) is 13.5. The molecule has 0 aromatic heterocycles. The molecule has 1 fully saturated rings. The van der Waals surface area contributed by atoms with E-state index in [9.17, 15) is 14.4 Å². The molecule has 9 heteroatoms. The largest absolute Gasteiger partial charge is 0.494 e. The molecule has 174 valence electrons. The number of carbonyl (C=O) groups is 3. The smallest absolute Gasteiger partial charge is 0.329 e. The average molecular weight is 453 g/mol. The van der Waals surface area contributed by atoms with Gasteiger partial charge >= 0.3 is 11.8 Å². The molecule has 1 aliphatic heterocycles. The lowest BCUT2D eigenvalue weighted by Crippen LogP contribution is -2.41. The number of nitrogens with one attached hydrogen (secondary N) is 2. The predicted molar refractivity (Wildman–Crippen MR) is 124 cm³/mol. The minimum Gasteiger partial charge on any atom is -0.494 e. The van der Waals surface area contributed by atoms with Gasteiger partial charge in [0, 0.05) is 13.1 Å². The Hall–Kier alpha value is -3.72. The van der Waals surface area contributed by atoms with Gasteiger partial charge in [0.1, 0.15) is 5.75 Å². The van der Waals surface area contributed by atoms with Crippen molar-refractivity contribution in [3.05, 3.63) is 59.7 Å². The highest BCUT2D eigenvalue weighted by Crippen LogP contribution is 2.18. The van der Waals surface area contributed by atoms with E-state index >= 15 is 0 Å². The summed E-state index contributed by atoms with van der Waals surface area (Å²) in [5, 5.41) is 6.32. The Labute approximate surface area is 192 Å². The molecule has 2 aromatic carbocycles. The van der Waals surface area contributed by atoms with E-state index in [0.717, 1.165) is 24.2 Å². The molecule has 9 nitrogen and oxygen atoms in total. The molecule has 1 saturated heterocycles. The number of amides is 3. The van der Waals surface area contributed by atoms with Crippen LogP contribution in [0.3, 0.4) is 0 Å². The summed E-state index contributed by atoms with van der Waals surface area (Å²) in [6, 6.07) is 13.8. The quantitative estimate of drug-likeness (QED) is 0.277. The molecule has 33 heavy (non-hydrogen) atoms. The molecule has 2 aromatic rings. The Balaban J connectivity index is 1.53. The van der Waals surface area contributed by atoms with Crippen LogP contribution in [-0.2, 0) is 14.3 Å². The van der Waals surface area contributed by atoms with Gasteiger partial charge in [-0.3, -0.25) is 14.4 Å². The molecular formula is C24H28N4O5. The number of ether oxygens (including phenoxy) is 2. The van der Waals surface area contributed by atoms with Crippen LogP contribution in [0, 0.1) is 0 Å². The van der Waals surface area contributed by atoms with Crippen molar-refractivity contribution in [1.82, 2.24) is 10.3 Å². The highest BCUT2D eigenvalue weighted by molar-refractivity contribution is 6.40. The van der Waals surface area contributed by atoms with E-state index in [1.165, 1.54) is 6.21 Å². The SMILES string of the molecule is CCCCOc1ccc(/C=N/NC(=O)C(=O)Nc2ccccc2C(=O)N2CCOCC2)cc1. The Bertz CT molecular complexity index is 985. The Morgan fingerprint density at radius 1 is 1.06 bits per heavy atom. The molecule has 0 spiro atoms. The van der Waals surface area contributed by atoms with Gasteiger partial charge in [-0.15, -0.1) is 0 Å². The fourth-order valence-electron chi connectivity index (χ4n) is 3.10. The number of para-hydroxylation sites is 1. The summed E-state index contributed by atoms with van der Waals surface area (Å²) in [4.78, 5) is 38.9. The van der Waals surface area contributed by atoms with Crippen LogP contribution in [0.5, 0.6) is 5.75 Å². The lowest BCUT2D eigenvalue weighted by atomic mass is 10.1. The third-order valence-electron chi connectivity index (χ3n) is 4.94. The van der Waals surface area contributed by atoms with Crippen molar-refractivity contribution >= 4 is 29.6 Å². The van der Waals surface area contributed by atoms with E-state index in [1.807, 2.05) is 12.1 Å². The van der Waals surface area contributed by atoms with Crippen molar-refractivity contribution in [1.29, 1.82) is 0 Å². The number of benzene rings is 2. The first kappa shape index (κ1) is 23.9. The lowest BCUT2D eigenvalue weighted by molar-refractivity contribution is -0.136. The summed E-state index contributed by atoms with van der Waals surface area (Å²) in [6.07, 6.45) is 3.48. The number of hydrogen-bond acceptors (Lipinski definition) is 6. The maximum atomic E-state index is 12.8. The zero-order valence-electron chi connectivity index (χ0n) is 18.6. The van der Waals surface area contributed by atoms with E-state index in [0.29, 0.717) is 38.5 Å². The Morgan fingerprint density at radius 2 is 1.79 bits per heavy atom. The highest BCUT2D eigenvalue weighted by atomic mass is 16.5. The van der Waals surface area contributed by atoms with E-state index < -0.39 is 11.8 Å². The molecule has 3 amide bonds. The molecule has 2 N–H and O–H groups in total. The summed E-state index contributed by atoms with van der Waals surface area (Å²) in [7, 11) is 0. The number of anilines is 1. The molecule has 0 saturated carbocycles. The van der Waals surface area contributed by atoms with Gasteiger partial charge in [0.2, 0.25) is 0 Å². The van der Waals surface area contributed by atoms with Gasteiger partial charge in [-0.25, -0.2) is 5.43 Å². The van der Waals surface area contributed by atoms with Crippen LogP contribution < -0.4 is 15.5 Å². The van der Waals surface area contributed by atoms with E-state index in [1.54, 1.807) is 41.3 Å². The molecule has 0 atom stereocenters. The number of unbranched alkanes of at least 4 members (excludes halogenated alkanes) is 1. The summed E-state index contributed by atoms with van der Waals surface area (Å²) in [5.41, 5.74) is 3.50. The van der Waals surface area contributed by atoms with Gasteiger partial charge in [-0.05, 0) is 48.4 Å². The van der Waals surface area contributed by atoms with Crippen molar-refractivity contribution in [3.63, 3.8) is 0 Å². The Kier molecular flexibility index (Phi) is 8.96. The van der Waals surface area contributed by atoms with Crippen molar-refractivity contribution in [3.8, 4) is 5.75 Å². The van der Waals surface area contributed by atoms with Gasteiger partial charge < -0.3 is 19.7 Å². The fraction of sp³-hybridized carbons (Fsp3) is 0.333. The summed E-state index contributed by atoms with van der Waals surface area (Å²) >= 11 is 0. The molecular weight excluding hydrogens is 424 g/mol. The Morgan fingerprint density at radius 3 is 2.52 bits per heavy atom. The maximum absolute atomic E-state index is 12.8. The summed E-state index contributed by atoms with van der Waals surface area (Å²) < 4.78 is 10.9. The molecule has 1 heterocycles. The maximum Gasteiger partial charge on any atom is 0.329 e. The van der Waals surface area contributed by atoms with Crippen molar-refractivity contribution in [2.45, 2.75) is 19.8 Å². The number of morpholine rings is 1. The van der Waals surface area contributed by atoms with Crippen LogP contribution in [0.4, 0.5) is 5.69 Å². The van der Waals surface area contributed by atoms with Gasteiger partial charge in [0.15, 0.2) is 0 Å². The molecule has 1 aliphatic rings. The van der Waals surface area contributed by atoms with Crippen LogP contribution >= 0.6 is 0 Å². The second-order valence-corrected chi connectivity index (χ2v) is 7.37. The first-order valence-electron chi connectivity index (χ1n) is 10.9. The van der Waals surface area contributed by atoms with Crippen molar-refractivity contribution in [2.24, 2.45) is 5.10 Å². The standard InChI is InChI=1S/C24H28N4O5/c1-2-3-14-33-19-10-8-18(9-11-19)17-25-27-23(30)22(29)26-21-7-5-4-6-20(21)24(31)28-12-15-32-16-13-28/h4-11,17H,2-3,12-16H2,1H3,(H,26,29)(H,27,30)/b25-17+. The number of nitrogens with zero attached hydrogens (tertiary/aromatic N) is 2. The predicted octanol–water partition coefficient (Wildman–Crippen LogP) is 2.43. The lowest BCUT2D eigenvalue weighted by Gasteiger charge is -2.27. The molecule has 0 bridgehead atoms.